The molecular formula is C13H13ClN6O2. The van der Waals surface area contributed by atoms with Crippen LogP contribution in [0.3, 0.4) is 0 Å². The minimum Gasteiger partial charge on any atom is -0.359 e. The first-order valence-corrected chi connectivity index (χ1v) is 6.88. The Balaban J connectivity index is 1.86. The number of hydrogen-bond donors (Lipinski definition) is 1. The Bertz CT molecular complexity index is 869. The molecule has 3 aromatic heterocycles. The third-order valence-electron chi connectivity index (χ3n) is 3.38. The van der Waals surface area contributed by atoms with Crippen molar-refractivity contribution in [2.75, 3.05) is 5.32 Å². The average Bonchev–Trinajstić information content (AvgIpc) is 2.98. The second-order valence-electron chi connectivity index (χ2n) is 4.85. The first kappa shape index (κ1) is 14.3. The van der Waals surface area contributed by atoms with Gasteiger partial charge in [-0.15, -0.1) is 0 Å². The summed E-state index contributed by atoms with van der Waals surface area (Å²) >= 11 is 5.93. The number of aromatic nitrogens is 4. The fourth-order valence-corrected chi connectivity index (χ4v) is 2.36. The normalized spacial score (nSPS) is 11.0. The topological polar surface area (TPSA) is 90.3 Å². The number of hydrogen-bond acceptors (Lipinski definition) is 5. The van der Waals surface area contributed by atoms with Gasteiger partial charge >= 0.3 is 5.82 Å². The monoisotopic (exact) mass is 320 g/mol. The third kappa shape index (κ3) is 2.48. The second kappa shape index (κ2) is 5.30. The molecule has 0 radical (unpaired) electrons. The lowest BCUT2D eigenvalue weighted by Crippen LogP contribution is -2.06. The summed E-state index contributed by atoms with van der Waals surface area (Å²) in [7, 11) is 1.72. The summed E-state index contributed by atoms with van der Waals surface area (Å²) in [5.74, 6) is 0.736. The van der Waals surface area contributed by atoms with Crippen LogP contribution in [0.15, 0.2) is 24.5 Å². The molecule has 0 saturated carbocycles. The quantitative estimate of drug-likeness (QED) is 0.589. The van der Waals surface area contributed by atoms with E-state index in [2.05, 4.69) is 15.3 Å². The lowest BCUT2D eigenvalue weighted by atomic mass is 10.4. The van der Waals surface area contributed by atoms with Crippen LogP contribution in [0.2, 0.25) is 5.02 Å². The molecule has 1 N–H and O–H groups in total. The molecule has 0 amide bonds. The molecule has 0 saturated heterocycles. The van der Waals surface area contributed by atoms with E-state index in [4.69, 9.17) is 11.6 Å². The van der Waals surface area contributed by atoms with Gasteiger partial charge in [-0.2, -0.15) is 0 Å². The predicted molar refractivity (Wildman–Crippen MR) is 82.1 cm³/mol. The van der Waals surface area contributed by atoms with E-state index in [9.17, 15) is 10.1 Å². The number of nitro groups is 1. The zero-order valence-electron chi connectivity index (χ0n) is 11.9. The van der Waals surface area contributed by atoms with Crippen molar-refractivity contribution in [1.82, 2.24) is 18.9 Å². The molecule has 0 unspecified atom stereocenters. The number of imidazole rings is 2. The van der Waals surface area contributed by atoms with Crippen molar-refractivity contribution in [3.05, 3.63) is 51.2 Å². The summed E-state index contributed by atoms with van der Waals surface area (Å²) in [5, 5.41) is 14.7. The minimum atomic E-state index is -0.501. The maximum absolute atomic E-state index is 11.0. The van der Waals surface area contributed by atoms with Crippen LogP contribution in [0, 0.1) is 17.0 Å². The first-order valence-electron chi connectivity index (χ1n) is 6.50. The number of nitrogens with one attached hydrogen (secondary N) is 1. The van der Waals surface area contributed by atoms with Crippen LogP contribution >= 0.6 is 11.6 Å². The molecule has 9 heteroatoms. The summed E-state index contributed by atoms with van der Waals surface area (Å²) in [5.41, 5.74) is 1.51. The molecule has 8 nitrogen and oxygen atoms in total. The molecule has 0 aromatic carbocycles. The summed E-state index contributed by atoms with van der Waals surface area (Å²) in [6.07, 6.45) is 3.58. The van der Waals surface area contributed by atoms with Gasteiger partial charge in [-0.25, -0.2) is 4.98 Å². The van der Waals surface area contributed by atoms with E-state index in [0.29, 0.717) is 23.2 Å². The lowest BCUT2D eigenvalue weighted by molar-refractivity contribution is -0.388. The Kier molecular flexibility index (Phi) is 3.45. The summed E-state index contributed by atoms with van der Waals surface area (Å²) < 4.78 is 3.45. The highest BCUT2D eigenvalue weighted by atomic mass is 35.5. The van der Waals surface area contributed by atoms with Crippen molar-refractivity contribution in [3.8, 4) is 0 Å². The maximum Gasteiger partial charge on any atom is 0.406 e. The van der Waals surface area contributed by atoms with Crippen molar-refractivity contribution in [3.63, 3.8) is 0 Å². The molecule has 0 aliphatic heterocycles. The Morgan fingerprint density at radius 3 is 2.86 bits per heavy atom. The van der Waals surface area contributed by atoms with Crippen molar-refractivity contribution in [1.29, 1.82) is 0 Å². The van der Waals surface area contributed by atoms with Gasteiger partial charge in [0.05, 0.1) is 17.3 Å². The lowest BCUT2D eigenvalue weighted by Gasteiger charge is -2.04. The Morgan fingerprint density at radius 2 is 2.14 bits per heavy atom. The van der Waals surface area contributed by atoms with Crippen LogP contribution in [-0.2, 0) is 13.6 Å². The number of halogens is 1. The number of pyridine rings is 1. The third-order valence-corrected chi connectivity index (χ3v) is 3.60. The van der Waals surface area contributed by atoms with E-state index >= 15 is 0 Å². The molecule has 0 spiro atoms. The predicted octanol–water partition coefficient (Wildman–Crippen LogP) is 2.55. The van der Waals surface area contributed by atoms with E-state index in [-0.39, 0.29) is 5.82 Å². The van der Waals surface area contributed by atoms with Crippen LogP contribution in [0.25, 0.3) is 5.65 Å². The van der Waals surface area contributed by atoms with Crippen LogP contribution < -0.4 is 5.32 Å². The summed E-state index contributed by atoms with van der Waals surface area (Å²) in [4.78, 5) is 18.9. The maximum atomic E-state index is 11.0. The van der Waals surface area contributed by atoms with E-state index < -0.39 is 4.92 Å². The Labute approximate surface area is 130 Å². The van der Waals surface area contributed by atoms with Gasteiger partial charge < -0.3 is 19.8 Å². The van der Waals surface area contributed by atoms with Crippen molar-refractivity contribution in [2.45, 2.75) is 13.5 Å². The Hall–Kier alpha value is -2.61. The van der Waals surface area contributed by atoms with E-state index in [1.807, 2.05) is 16.7 Å². The highest BCUT2D eigenvalue weighted by Crippen LogP contribution is 2.24. The number of fused-ring (bicyclic) bond motifs is 1. The van der Waals surface area contributed by atoms with Crippen molar-refractivity contribution < 1.29 is 4.92 Å². The van der Waals surface area contributed by atoms with Gasteiger partial charge in [0.25, 0.3) is 0 Å². The fourth-order valence-electron chi connectivity index (χ4n) is 2.19. The molecule has 0 atom stereocenters. The smallest absolute Gasteiger partial charge is 0.359 e. The standard InChI is InChI=1S/C13H13ClN6O2/c1-8-16-13(20(21)22)12(18(8)2)15-5-10-7-19-6-9(14)3-4-11(19)17-10/h3-4,6-7,15H,5H2,1-2H3. The molecule has 22 heavy (non-hydrogen) atoms. The van der Waals surface area contributed by atoms with E-state index in [0.717, 1.165) is 11.3 Å². The van der Waals surface area contributed by atoms with Crippen molar-refractivity contribution >= 4 is 28.9 Å². The number of nitrogens with zero attached hydrogens (tertiary/aromatic N) is 5. The van der Waals surface area contributed by atoms with Crippen LogP contribution in [0.4, 0.5) is 11.6 Å². The number of rotatable bonds is 4. The molecule has 3 heterocycles. The highest BCUT2D eigenvalue weighted by molar-refractivity contribution is 6.30. The molecular weight excluding hydrogens is 308 g/mol. The molecule has 3 aromatic rings. The van der Waals surface area contributed by atoms with Crippen LogP contribution in [0.1, 0.15) is 11.5 Å². The molecule has 0 aliphatic carbocycles. The van der Waals surface area contributed by atoms with Crippen molar-refractivity contribution in [2.24, 2.45) is 7.05 Å². The second-order valence-corrected chi connectivity index (χ2v) is 5.28. The van der Waals surface area contributed by atoms with Gasteiger partial charge in [0.2, 0.25) is 11.6 Å². The van der Waals surface area contributed by atoms with Gasteiger partial charge in [0, 0.05) is 26.4 Å². The average molecular weight is 321 g/mol. The van der Waals surface area contributed by atoms with E-state index in [1.54, 1.807) is 30.8 Å². The number of anilines is 1. The van der Waals surface area contributed by atoms with Crippen LogP contribution in [0.5, 0.6) is 0 Å². The van der Waals surface area contributed by atoms with Gasteiger partial charge in [-0.3, -0.25) is 4.57 Å². The van der Waals surface area contributed by atoms with Gasteiger partial charge in [0.15, 0.2) is 0 Å². The van der Waals surface area contributed by atoms with Crippen LogP contribution in [-0.4, -0.2) is 23.9 Å². The van der Waals surface area contributed by atoms with Gasteiger partial charge in [-0.1, -0.05) is 11.6 Å². The molecule has 0 aliphatic rings. The van der Waals surface area contributed by atoms with Gasteiger partial charge in [0.1, 0.15) is 5.65 Å². The highest BCUT2D eigenvalue weighted by Gasteiger charge is 2.23. The Morgan fingerprint density at radius 1 is 1.36 bits per heavy atom. The molecule has 0 fully saturated rings. The SMILES string of the molecule is Cc1nc([N+](=O)[O-])c(NCc2cn3cc(Cl)ccc3n2)n1C. The summed E-state index contributed by atoms with van der Waals surface area (Å²) in [6, 6.07) is 3.57. The molecule has 114 valence electrons. The molecule has 0 bridgehead atoms. The van der Waals surface area contributed by atoms with E-state index in [1.165, 1.54) is 0 Å². The van der Waals surface area contributed by atoms with Gasteiger partial charge in [-0.05, 0) is 22.0 Å². The zero-order valence-corrected chi connectivity index (χ0v) is 12.7. The molecule has 3 rings (SSSR count). The first-order chi connectivity index (χ1) is 10.5. The summed E-state index contributed by atoms with van der Waals surface area (Å²) in [6.45, 7) is 2.06. The fraction of sp³-hybridized carbons (Fsp3) is 0.231. The zero-order chi connectivity index (χ0) is 15.9. The number of aryl methyl sites for hydroxylation is 1. The largest absolute Gasteiger partial charge is 0.406 e. The minimum absolute atomic E-state index is 0.188.